The van der Waals surface area contributed by atoms with Crippen LogP contribution >= 0.6 is 0 Å². The normalized spacial score (nSPS) is 25.4. The number of aromatic nitrogens is 4. The molecule has 0 bridgehead atoms. The fourth-order valence-corrected chi connectivity index (χ4v) is 2.23. The molecular formula is C12H14N8. The molecule has 8 heteroatoms. The molecule has 2 atom stereocenters. The Kier molecular flexibility index (Phi) is 2.99. The summed E-state index contributed by atoms with van der Waals surface area (Å²) in [5.74, 6) is 0.848. The van der Waals surface area contributed by atoms with E-state index in [1.807, 2.05) is 30.3 Å². The topological polar surface area (TPSA) is 131 Å². The summed E-state index contributed by atoms with van der Waals surface area (Å²) in [4.78, 5) is 8.30. The van der Waals surface area contributed by atoms with Gasteiger partial charge in [0.05, 0.1) is 0 Å². The van der Waals surface area contributed by atoms with Crippen molar-refractivity contribution in [3.05, 3.63) is 41.7 Å². The summed E-state index contributed by atoms with van der Waals surface area (Å²) in [6.07, 6.45) is 1.56. The van der Waals surface area contributed by atoms with E-state index in [9.17, 15) is 0 Å². The van der Waals surface area contributed by atoms with Crippen molar-refractivity contribution in [1.82, 2.24) is 20.6 Å². The molecule has 2 heterocycles. The van der Waals surface area contributed by atoms with E-state index in [1.54, 1.807) is 6.21 Å². The van der Waals surface area contributed by atoms with E-state index in [0.717, 1.165) is 5.56 Å². The van der Waals surface area contributed by atoms with Gasteiger partial charge in [-0.3, -0.25) is 10.7 Å². The summed E-state index contributed by atoms with van der Waals surface area (Å²) in [5, 5.41) is 13.9. The highest BCUT2D eigenvalue weighted by Gasteiger charge is 2.41. The number of hydrogen-bond donors (Lipinski definition) is 3. The van der Waals surface area contributed by atoms with E-state index in [-0.39, 0.29) is 0 Å². The zero-order valence-corrected chi connectivity index (χ0v) is 10.6. The van der Waals surface area contributed by atoms with Gasteiger partial charge in [0.1, 0.15) is 11.3 Å². The maximum Gasteiger partial charge on any atom is 0.192 e. The minimum absolute atomic E-state index is 0.349. The minimum Gasteiger partial charge on any atom is -0.386 e. The highest BCUT2D eigenvalue weighted by atomic mass is 15.5. The van der Waals surface area contributed by atoms with Crippen LogP contribution in [0.2, 0.25) is 0 Å². The Hall–Kier alpha value is -2.61. The molecule has 2 aromatic rings. The van der Waals surface area contributed by atoms with Gasteiger partial charge in [0.25, 0.3) is 0 Å². The zero-order chi connectivity index (χ0) is 14.0. The molecule has 1 aliphatic rings. The highest BCUT2D eigenvalue weighted by molar-refractivity contribution is 6.07. The first-order valence-corrected chi connectivity index (χ1v) is 6.12. The number of benzene rings is 1. The van der Waals surface area contributed by atoms with Crippen molar-refractivity contribution in [1.29, 1.82) is 0 Å². The van der Waals surface area contributed by atoms with Gasteiger partial charge in [-0.25, -0.2) is 10.1 Å². The molecule has 1 aromatic carbocycles. The van der Waals surface area contributed by atoms with E-state index in [4.69, 9.17) is 11.5 Å². The first-order valence-electron chi connectivity index (χ1n) is 6.12. The number of aliphatic imine (C=N–C) groups is 2. The molecule has 8 nitrogen and oxygen atoms in total. The Bertz CT molecular complexity index is 633. The van der Waals surface area contributed by atoms with Gasteiger partial charge in [0.15, 0.2) is 12.1 Å². The van der Waals surface area contributed by atoms with Crippen molar-refractivity contribution < 1.29 is 0 Å². The van der Waals surface area contributed by atoms with Gasteiger partial charge >= 0.3 is 0 Å². The van der Waals surface area contributed by atoms with Gasteiger partial charge in [0.2, 0.25) is 0 Å². The Morgan fingerprint density at radius 2 is 2.05 bits per heavy atom. The summed E-state index contributed by atoms with van der Waals surface area (Å²) < 4.78 is 0. The van der Waals surface area contributed by atoms with Gasteiger partial charge in [-0.1, -0.05) is 30.3 Å². The molecule has 0 saturated carbocycles. The first-order chi connectivity index (χ1) is 9.71. The van der Waals surface area contributed by atoms with Gasteiger partial charge in [-0.15, -0.1) is 5.10 Å². The van der Waals surface area contributed by atoms with Crippen LogP contribution in [0.5, 0.6) is 0 Å². The molecule has 20 heavy (non-hydrogen) atoms. The lowest BCUT2D eigenvalue weighted by Gasteiger charge is -2.30. The van der Waals surface area contributed by atoms with Gasteiger partial charge in [0, 0.05) is 6.21 Å². The summed E-state index contributed by atoms with van der Waals surface area (Å²) in [6, 6.07) is 9.87. The van der Waals surface area contributed by atoms with Crippen LogP contribution in [0.1, 0.15) is 11.4 Å². The van der Waals surface area contributed by atoms with Crippen molar-refractivity contribution in [2.75, 3.05) is 0 Å². The number of nitrogens with one attached hydrogen (secondary N) is 1. The molecule has 0 saturated heterocycles. The monoisotopic (exact) mass is 270 g/mol. The van der Waals surface area contributed by atoms with Crippen molar-refractivity contribution in [2.24, 2.45) is 21.5 Å². The molecule has 0 radical (unpaired) electrons. The van der Waals surface area contributed by atoms with E-state index < -0.39 is 11.7 Å². The zero-order valence-electron chi connectivity index (χ0n) is 10.6. The molecule has 0 amide bonds. The van der Waals surface area contributed by atoms with E-state index in [2.05, 4.69) is 30.6 Å². The van der Waals surface area contributed by atoms with Crippen LogP contribution in [0, 0.1) is 0 Å². The fourth-order valence-electron chi connectivity index (χ4n) is 2.23. The Morgan fingerprint density at radius 1 is 1.25 bits per heavy atom. The number of tetrazole rings is 1. The van der Waals surface area contributed by atoms with Crippen LogP contribution in [-0.4, -0.2) is 39.0 Å². The second-order valence-corrected chi connectivity index (χ2v) is 4.59. The van der Waals surface area contributed by atoms with Crippen LogP contribution in [0.3, 0.4) is 0 Å². The summed E-state index contributed by atoms with van der Waals surface area (Å²) in [5.41, 5.74) is 12.1. The van der Waals surface area contributed by atoms with Gasteiger partial charge < -0.3 is 5.73 Å². The van der Waals surface area contributed by atoms with E-state index in [0.29, 0.717) is 18.1 Å². The third kappa shape index (κ3) is 2.05. The quantitative estimate of drug-likeness (QED) is 0.683. The molecule has 102 valence electrons. The predicted molar refractivity (Wildman–Crippen MR) is 74.1 cm³/mol. The number of amidine groups is 1. The van der Waals surface area contributed by atoms with Crippen LogP contribution in [0.4, 0.5) is 0 Å². The average molecular weight is 270 g/mol. The van der Waals surface area contributed by atoms with Crippen LogP contribution < -0.4 is 11.5 Å². The summed E-state index contributed by atoms with van der Waals surface area (Å²) in [7, 11) is 0. The maximum absolute atomic E-state index is 6.11. The molecule has 1 aromatic heterocycles. The van der Waals surface area contributed by atoms with Crippen LogP contribution in [0.25, 0.3) is 0 Å². The third-order valence-corrected chi connectivity index (χ3v) is 3.27. The number of hydrogen-bond acceptors (Lipinski definition) is 7. The highest BCUT2D eigenvalue weighted by Crippen LogP contribution is 2.26. The lowest BCUT2D eigenvalue weighted by atomic mass is 9.80. The maximum atomic E-state index is 6.11. The van der Waals surface area contributed by atoms with Gasteiger partial charge in [-0.05, 0) is 22.4 Å². The minimum atomic E-state index is -0.791. The summed E-state index contributed by atoms with van der Waals surface area (Å²) in [6.45, 7) is 0. The Labute approximate surface area is 115 Å². The Balaban J connectivity index is 2.06. The third-order valence-electron chi connectivity index (χ3n) is 3.27. The van der Waals surface area contributed by atoms with Crippen LogP contribution in [0.15, 0.2) is 40.3 Å². The number of rotatable bonds is 3. The van der Waals surface area contributed by atoms with Crippen molar-refractivity contribution in [3.63, 3.8) is 0 Å². The molecule has 0 spiro atoms. The molecule has 2 unspecified atom stereocenters. The first kappa shape index (κ1) is 12.4. The number of nitrogens with two attached hydrogens (primary N) is 2. The fraction of sp³-hybridized carbons (Fsp3) is 0.250. The molecular weight excluding hydrogens is 256 g/mol. The second kappa shape index (κ2) is 4.82. The lowest BCUT2D eigenvalue weighted by Crippen LogP contribution is -2.49. The molecule has 0 aliphatic carbocycles. The van der Waals surface area contributed by atoms with Crippen molar-refractivity contribution >= 4 is 12.1 Å². The smallest absolute Gasteiger partial charge is 0.192 e. The Morgan fingerprint density at radius 3 is 2.70 bits per heavy atom. The standard InChI is InChI=1S/C12H14N8/c13-9-12(7-15-11(14)16-9,10-17-19-20-18-10)6-8-4-2-1-3-5-8/h1-5,7,11H,6,14H2,(H2,13,16)(H,17,18,19,20). The van der Waals surface area contributed by atoms with Crippen LogP contribution in [-0.2, 0) is 11.8 Å². The second-order valence-electron chi connectivity index (χ2n) is 4.59. The number of H-pyrrole nitrogens is 1. The SMILES string of the molecule is NC1=NC(N)N=CC1(Cc1ccccc1)c1nnn[nH]1. The van der Waals surface area contributed by atoms with Gasteiger partial charge in [-0.2, -0.15) is 0 Å². The predicted octanol–water partition coefficient (Wildman–Crippen LogP) is -0.636. The van der Waals surface area contributed by atoms with E-state index >= 15 is 0 Å². The molecule has 5 N–H and O–H groups in total. The summed E-state index contributed by atoms with van der Waals surface area (Å²) >= 11 is 0. The number of aromatic amines is 1. The number of nitrogens with zero attached hydrogens (tertiary/aromatic N) is 5. The molecule has 3 rings (SSSR count). The largest absolute Gasteiger partial charge is 0.386 e. The molecule has 1 aliphatic heterocycles. The van der Waals surface area contributed by atoms with Crippen molar-refractivity contribution in [2.45, 2.75) is 18.1 Å². The van der Waals surface area contributed by atoms with Crippen molar-refractivity contribution in [3.8, 4) is 0 Å². The van der Waals surface area contributed by atoms with E-state index in [1.165, 1.54) is 0 Å². The lowest BCUT2D eigenvalue weighted by molar-refractivity contribution is 0.638. The average Bonchev–Trinajstić information content (AvgIpc) is 2.98. The molecule has 0 fully saturated rings.